The molecule has 3 rings (SSSR count). The average molecular weight is 274 g/mol. The van der Waals surface area contributed by atoms with E-state index in [2.05, 4.69) is 42.7 Å². The summed E-state index contributed by atoms with van der Waals surface area (Å²) in [5.74, 6) is 1.71. The lowest BCUT2D eigenvalue weighted by molar-refractivity contribution is 0.243. The van der Waals surface area contributed by atoms with Gasteiger partial charge in [0.15, 0.2) is 0 Å². The minimum absolute atomic E-state index is 0.206. The Morgan fingerprint density at radius 1 is 1.15 bits per heavy atom. The van der Waals surface area contributed by atoms with Gasteiger partial charge in [-0.2, -0.15) is 0 Å². The maximum atomic E-state index is 5.94. The number of nitrogens with one attached hydrogen (secondary N) is 2. The highest BCUT2D eigenvalue weighted by atomic mass is 16.5. The van der Waals surface area contributed by atoms with Crippen molar-refractivity contribution in [2.45, 2.75) is 58.1 Å². The first-order valence-corrected chi connectivity index (χ1v) is 8.04. The second kappa shape index (κ2) is 5.94. The van der Waals surface area contributed by atoms with Crippen LogP contribution in [0.1, 0.15) is 46.0 Å². The Bertz CT molecular complexity index is 458. The van der Waals surface area contributed by atoms with Crippen LogP contribution in [-0.2, 0) is 0 Å². The number of hydrogen-bond donors (Lipinski definition) is 2. The lowest BCUT2D eigenvalue weighted by atomic mass is 9.95. The molecule has 2 N–H and O–H groups in total. The Morgan fingerprint density at radius 2 is 2.00 bits per heavy atom. The van der Waals surface area contributed by atoms with Crippen molar-refractivity contribution in [1.29, 1.82) is 0 Å². The van der Waals surface area contributed by atoms with E-state index in [9.17, 15) is 0 Å². The second-order valence-electron chi connectivity index (χ2n) is 6.38. The Balaban J connectivity index is 1.86. The molecule has 3 heteroatoms. The van der Waals surface area contributed by atoms with Crippen LogP contribution in [0.4, 0.5) is 11.4 Å². The van der Waals surface area contributed by atoms with E-state index in [1.54, 1.807) is 0 Å². The quantitative estimate of drug-likeness (QED) is 0.845. The van der Waals surface area contributed by atoms with Crippen LogP contribution < -0.4 is 15.4 Å². The molecule has 1 aromatic carbocycles. The Morgan fingerprint density at radius 3 is 2.85 bits per heavy atom. The molecule has 20 heavy (non-hydrogen) atoms. The zero-order chi connectivity index (χ0) is 13.9. The van der Waals surface area contributed by atoms with E-state index in [1.165, 1.54) is 37.8 Å². The molecular formula is C17H26N2O. The van der Waals surface area contributed by atoms with Crippen LogP contribution in [0.5, 0.6) is 5.75 Å². The fourth-order valence-corrected chi connectivity index (χ4v) is 3.44. The molecule has 2 atom stereocenters. The second-order valence-corrected chi connectivity index (χ2v) is 6.38. The lowest BCUT2D eigenvalue weighted by Crippen LogP contribution is -2.30. The van der Waals surface area contributed by atoms with Crippen molar-refractivity contribution in [2.24, 2.45) is 5.92 Å². The van der Waals surface area contributed by atoms with Crippen LogP contribution in [0.15, 0.2) is 18.2 Å². The van der Waals surface area contributed by atoms with E-state index in [1.807, 2.05) is 0 Å². The monoisotopic (exact) mass is 274 g/mol. The molecule has 0 spiro atoms. The fraction of sp³-hybridized carbons (Fsp3) is 0.647. The summed E-state index contributed by atoms with van der Waals surface area (Å²) in [6, 6.07) is 6.93. The molecule has 1 fully saturated rings. The van der Waals surface area contributed by atoms with Gasteiger partial charge in [0, 0.05) is 12.6 Å². The molecule has 1 aliphatic heterocycles. The van der Waals surface area contributed by atoms with Gasteiger partial charge in [-0.25, -0.2) is 0 Å². The third kappa shape index (κ3) is 2.87. The lowest BCUT2D eigenvalue weighted by Gasteiger charge is -2.23. The zero-order valence-electron chi connectivity index (χ0n) is 12.6. The van der Waals surface area contributed by atoms with Gasteiger partial charge in [-0.15, -0.1) is 0 Å². The molecule has 0 radical (unpaired) electrons. The van der Waals surface area contributed by atoms with Gasteiger partial charge >= 0.3 is 0 Å². The number of rotatable bonds is 2. The van der Waals surface area contributed by atoms with Crippen molar-refractivity contribution < 1.29 is 4.74 Å². The van der Waals surface area contributed by atoms with E-state index >= 15 is 0 Å². The van der Waals surface area contributed by atoms with Crippen LogP contribution in [0.2, 0.25) is 0 Å². The maximum Gasteiger partial charge on any atom is 0.144 e. The molecule has 0 amide bonds. The Kier molecular flexibility index (Phi) is 4.04. The van der Waals surface area contributed by atoms with Gasteiger partial charge in [0.2, 0.25) is 0 Å². The van der Waals surface area contributed by atoms with Gasteiger partial charge < -0.3 is 15.4 Å². The SMILES string of the molecule is CC(C)Oc1cccc2c1NCC1CCCCCC1N2. The maximum absolute atomic E-state index is 5.94. The first-order valence-electron chi connectivity index (χ1n) is 8.04. The summed E-state index contributed by atoms with van der Waals surface area (Å²) in [4.78, 5) is 0. The highest BCUT2D eigenvalue weighted by Crippen LogP contribution is 2.38. The average Bonchev–Trinajstić information content (AvgIpc) is 2.71. The van der Waals surface area contributed by atoms with Crippen molar-refractivity contribution in [3.05, 3.63) is 18.2 Å². The number of ether oxygens (including phenoxy) is 1. The molecule has 0 saturated heterocycles. The first kappa shape index (κ1) is 13.6. The van der Waals surface area contributed by atoms with Gasteiger partial charge in [0.25, 0.3) is 0 Å². The normalized spacial score (nSPS) is 25.6. The standard InChI is InChI=1S/C17H26N2O/c1-12(2)20-16-10-6-9-15-17(16)18-11-13-7-4-3-5-8-14(13)19-15/h6,9-10,12-14,18-19H,3-5,7-8,11H2,1-2H3. The Labute approximate surface area is 122 Å². The number of anilines is 2. The molecule has 1 aliphatic carbocycles. The topological polar surface area (TPSA) is 33.3 Å². The van der Waals surface area contributed by atoms with Gasteiger partial charge in [-0.1, -0.05) is 25.3 Å². The Hall–Kier alpha value is -1.38. The highest BCUT2D eigenvalue weighted by molar-refractivity contribution is 5.76. The van der Waals surface area contributed by atoms with E-state index < -0.39 is 0 Å². The zero-order valence-corrected chi connectivity index (χ0v) is 12.6. The molecule has 0 aromatic heterocycles. The fourth-order valence-electron chi connectivity index (χ4n) is 3.44. The van der Waals surface area contributed by atoms with Crippen LogP contribution in [0, 0.1) is 5.92 Å². The molecule has 1 aromatic rings. The number of benzene rings is 1. The van der Waals surface area contributed by atoms with Gasteiger partial charge in [0.1, 0.15) is 11.4 Å². The molecule has 2 aliphatic rings. The van der Waals surface area contributed by atoms with E-state index in [0.29, 0.717) is 6.04 Å². The van der Waals surface area contributed by atoms with Gasteiger partial charge in [0.05, 0.1) is 11.8 Å². The molecule has 110 valence electrons. The van der Waals surface area contributed by atoms with E-state index in [4.69, 9.17) is 4.74 Å². The molecule has 1 saturated carbocycles. The summed E-state index contributed by atoms with van der Waals surface area (Å²) in [7, 11) is 0. The molecule has 1 heterocycles. The predicted octanol–water partition coefficient (Wildman–Crippen LogP) is 4.26. The summed E-state index contributed by atoms with van der Waals surface area (Å²) in [5.41, 5.74) is 2.35. The smallest absolute Gasteiger partial charge is 0.144 e. The van der Waals surface area contributed by atoms with Crippen LogP contribution >= 0.6 is 0 Å². The number of hydrogen-bond acceptors (Lipinski definition) is 3. The largest absolute Gasteiger partial charge is 0.489 e. The van der Waals surface area contributed by atoms with Crippen molar-refractivity contribution in [3.8, 4) is 5.75 Å². The van der Waals surface area contributed by atoms with E-state index in [-0.39, 0.29) is 6.10 Å². The number of fused-ring (bicyclic) bond motifs is 2. The first-order chi connectivity index (χ1) is 9.74. The van der Waals surface area contributed by atoms with Gasteiger partial charge in [-0.05, 0) is 44.7 Å². The van der Waals surface area contributed by atoms with Crippen molar-refractivity contribution in [2.75, 3.05) is 17.2 Å². The molecule has 0 bridgehead atoms. The molecule has 3 nitrogen and oxygen atoms in total. The summed E-state index contributed by atoms with van der Waals surface area (Å²) < 4.78 is 5.94. The van der Waals surface area contributed by atoms with Crippen molar-refractivity contribution in [1.82, 2.24) is 0 Å². The third-order valence-corrected chi connectivity index (χ3v) is 4.43. The summed E-state index contributed by atoms with van der Waals surface area (Å²) in [5, 5.41) is 7.41. The molecule has 2 unspecified atom stereocenters. The van der Waals surface area contributed by atoms with Crippen LogP contribution in [-0.4, -0.2) is 18.7 Å². The number of para-hydroxylation sites is 1. The minimum atomic E-state index is 0.206. The predicted molar refractivity (Wildman–Crippen MR) is 84.7 cm³/mol. The summed E-state index contributed by atoms with van der Waals surface area (Å²) >= 11 is 0. The summed E-state index contributed by atoms with van der Waals surface area (Å²) in [6.45, 7) is 5.21. The minimum Gasteiger partial charge on any atom is -0.489 e. The van der Waals surface area contributed by atoms with Crippen LogP contribution in [0.3, 0.4) is 0 Å². The molecular weight excluding hydrogens is 248 g/mol. The highest BCUT2D eigenvalue weighted by Gasteiger charge is 2.28. The van der Waals surface area contributed by atoms with Gasteiger partial charge in [-0.3, -0.25) is 0 Å². The van der Waals surface area contributed by atoms with E-state index in [0.717, 1.165) is 23.9 Å². The third-order valence-electron chi connectivity index (χ3n) is 4.43. The van der Waals surface area contributed by atoms with Crippen LogP contribution in [0.25, 0.3) is 0 Å². The van der Waals surface area contributed by atoms with Crippen molar-refractivity contribution in [3.63, 3.8) is 0 Å². The summed E-state index contributed by atoms with van der Waals surface area (Å²) in [6.07, 6.45) is 6.94. The van der Waals surface area contributed by atoms with Crippen molar-refractivity contribution >= 4 is 11.4 Å².